The minimum absolute atomic E-state index is 0.190. The Morgan fingerprint density at radius 1 is 0.806 bits per heavy atom. The topological polar surface area (TPSA) is 9.23 Å². The number of benzene rings is 2. The van der Waals surface area contributed by atoms with E-state index in [2.05, 4.69) is 20.8 Å². The Labute approximate surface area is 186 Å². The number of ether oxygens (including phenoxy) is 1. The van der Waals surface area contributed by atoms with Gasteiger partial charge in [0.25, 0.3) is 0 Å². The molecule has 0 bridgehead atoms. The van der Waals surface area contributed by atoms with Crippen molar-refractivity contribution in [2.24, 2.45) is 0 Å². The maximum absolute atomic E-state index is 14.2. The highest BCUT2D eigenvalue weighted by Crippen LogP contribution is 2.41. The predicted molar refractivity (Wildman–Crippen MR) is 123 cm³/mol. The van der Waals surface area contributed by atoms with E-state index in [9.17, 15) is 13.2 Å². The largest absolute Gasteiger partial charge is 0.378 e. The molecule has 2 aromatic carbocycles. The Bertz CT molecular complexity index is 765. The van der Waals surface area contributed by atoms with Gasteiger partial charge in [-0.25, -0.2) is 13.2 Å². The molecule has 31 heavy (non-hydrogen) atoms. The third kappa shape index (κ3) is 6.35. The fourth-order valence-electron chi connectivity index (χ4n) is 4.74. The molecule has 1 atom stereocenters. The van der Waals surface area contributed by atoms with E-state index in [0.717, 1.165) is 43.4 Å². The molecular formula is C27H37F3O. The molecule has 0 radical (unpaired) electrons. The first-order valence-corrected chi connectivity index (χ1v) is 11.7. The summed E-state index contributed by atoms with van der Waals surface area (Å²) in [6, 6.07) is 8.79. The molecular weight excluding hydrogens is 397 g/mol. The molecule has 0 aliphatic carbocycles. The van der Waals surface area contributed by atoms with E-state index in [1.54, 1.807) is 19.2 Å². The smallest absolute Gasteiger partial charge is 0.136 e. The van der Waals surface area contributed by atoms with Crippen LogP contribution in [-0.2, 0) is 4.74 Å². The van der Waals surface area contributed by atoms with Crippen LogP contribution < -0.4 is 0 Å². The molecule has 0 saturated heterocycles. The third-order valence-electron chi connectivity index (χ3n) is 6.69. The second-order valence-electron chi connectivity index (χ2n) is 8.45. The van der Waals surface area contributed by atoms with Crippen molar-refractivity contribution in [3.05, 3.63) is 59.4 Å². The summed E-state index contributed by atoms with van der Waals surface area (Å²) in [5.74, 6) is -2.48. The highest BCUT2D eigenvalue weighted by Gasteiger charge is 2.36. The summed E-state index contributed by atoms with van der Waals surface area (Å²) in [5, 5.41) is 0. The summed E-state index contributed by atoms with van der Waals surface area (Å²) in [7, 11) is 1.78. The number of rotatable bonds is 13. The Hall–Kier alpha value is -1.81. The summed E-state index contributed by atoms with van der Waals surface area (Å²) >= 11 is 0. The first-order chi connectivity index (χ1) is 14.9. The third-order valence-corrected chi connectivity index (χ3v) is 6.69. The van der Waals surface area contributed by atoms with Gasteiger partial charge in [0.15, 0.2) is 0 Å². The average Bonchev–Trinajstić information content (AvgIpc) is 2.76. The van der Waals surface area contributed by atoms with Gasteiger partial charge >= 0.3 is 0 Å². The Morgan fingerprint density at radius 3 is 1.87 bits per heavy atom. The van der Waals surface area contributed by atoms with Crippen LogP contribution in [0.4, 0.5) is 13.2 Å². The zero-order valence-electron chi connectivity index (χ0n) is 19.4. The SMILES string of the molecule is CCCCCCCCC(c1ccc(-c2c(F)cc(F)cc2F)cc1)C(CC)(CC)OC. The fourth-order valence-corrected chi connectivity index (χ4v) is 4.74. The van der Waals surface area contributed by atoms with Crippen molar-refractivity contribution in [1.29, 1.82) is 0 Å². The van der Waals surface area contributed by atoms with E-state index in [4.69, 9.17) is 4.74 Å². The molecule has 2 aromatic rings. The molecule has 2 rings (SSSR count). The molecule has 1 nitrogen and oxygen atoms in total. The molecule has 0 fully saturated rings. The molecule has 4 heteroatoms. The zero-order chi connectivity index (χ0) is 22.9. The van der Waals surface area contributed by atoms with E-state index >= 15 is 0 Å². The van der Waals surface area contributed by atoms with Gasteiger partial charge in [-0.3, -0.25) is 0 Å². The van der Waals surface area contributed by atoms with Crippen LogP contribution in [0.5, 0.6) is 0 Å². The van der Waals surface area contributed by atoms with E-state index in [0.29, 0.717) is 5.56 Å². The molecule has 0 spiro atoms. The van der Waals surface area contributed by atoms with Crippen LogP contribution in [-0.4, -0.2) is 12.7 Å². The van der Waals surface area contributed by atoms with E-state index in [-0.39, 0.29) is 17.1 Å². The lowest BCUT2D eigenvalue weighted by molar-refractivity contribution is -0.0425. The van der Waals surface area contributed by atoms with E-state index < -0.39 is 17.5 Å². The number of methoxy groups -OCH3 is 1. The average molecular weight is 435 g/mol. The van der Waals surface area contributed by atoms with Gasteiger partial charge in [0, 0.05) is 25.2 Å². The summed E-state index contributed by atoms with van der Waals surface area (Å²) in [4.78, 5) is 0. The normalized spacial score (nSPS) is 12.9. The predicted octanol–water partition coefficient (Wildman–Crippen LogP) is 8.81. The fraction of sp³-hybridized carbons (Fsp3) is 0.556. The van der Waals surface area contributed by atoms with Crippen molar-refractivity contribution >= 4 is 0 Å². The lowest BCUT2D eigenvalue weighted by Crippen LogP contribution is -2.37. The second kappa shape index (κ2) is 12.3. The first-order valence-electron chi connectivity index (χ1n) is 11.7. The summed E-state index contributed by atoms with van der Waals surface area (Å²) in [6.45, 7) is 6.52. The van der Waals surface area contributed by atoms with Crippen LogP contribution in [0.2, 0.25) is 0 Å². The molecule has 0 aliphatic heterocycles. The van der Waals surface area contributed by atoms with Crippen LogP contribution in [0.3, 0.4) is 0 Å². The highest BCUT2D eigenvalue weighted by molar-refractivity contribution is 5.65. The van der Waals surface area contributed by atoms with Crippen LogP contribution in [0.25, 0.3) is 11.1 Å². The highest BCUT2D eigenvalue weighted by atomic mass is 19.1. The molecule has 1 unspecified atom stereocenters. The molecule has 0 N–H and O–H groups in total. The standard InChI is InChI=1S/C27H37F3O/c1-5-8-9-10-11-12-13-23(27(6-2,7-3)31-4)20-14-16-21(17-15-20)26-24(29)18-22(28)19-25(26)30/h14-19,23H,5-13H2,1-4H3. The Balaban J connectivity index is 2.27. The molecule has 172 valence electrons. The number of halogens is 3. The molecule has 0 amide bonds. The van der Waals surface area contributed by atoms with Gasteiger partial charge in [0.1, 0.15) is 17.5 Å². The number of unbranched alkanes of at least 4 members (excludes halogenated alkanes) is 5. The van der Waals surface area contributed by atoms with E-state index in [1.165, 1.54) is 32.1 Å². The Morgan fingerprint density at radius 2 is 1.35 bits per heavy atom. The van der Waals surface area contributed by atoms with Crippen molar-refractivity contribution in [1.82, 2.24) is 0 Å². The summed E-state index contributed by atoms with van der Waals surface area (Å²) in [6.07, 6.45) is 10.2. The zero-order valence-corrected chi connectivity index (χ0v) is 19.4. The van der Waals surface area contributed by atoms with Gasteiger partial charge in [-0.1, -0.05) is 83.6 Å². The Kier molecular flexibility index (Phi) is 10.1. The van der Waals surface area contributed by atoms with Crippen molar-refractivity contribution in [3.63, 3.8) is 0 Å². The minimum atomic E-state index is -0.912. The lowest BCUT2D eigenvalue weighted by atomic mass is 9.75. The quantitative estimate of drug-likeness (QED) is 0.286. The monoisotopic (exact) mass is 434 g/mol. The maximum atomic E-state index is 14.2. The number of hydrogen-bond acceptors (Lipinski definition) is 1. The summed E-state index contributed by atoms with van der Waals surface area (Å²) < 4.78 is 47.7. The van der Waals surface area contributed by atoms with Crippen LogP contribution in [0.15, 0.2) is 36.4 Å². The maximum Gasteiger partial charge on any atom is 0.136 e. The van der Waals surface area contributed by atoms with Gasteiger partial charge < -0.3 is 4.74 Å². The van der Waals surface area contributed by atoms with Gasteiger partial charge in [0.05, 0.1) is 11.2 Å². The molecule has 0 aliphatic rings. The van der Waals surface area contributed by atoms with Gasteiger partial charge in [0.2, 0.25) is 0 Å². The van der Waals surface area contributed by atoms with Gasteiger partial charge in [-0.2, -0.15) is 0 Å². The van der Waals surface area contributed by atoms with Crippen molar-refractivity contribution < 1.29 is 17.9 Å². The van der Waals surface area contributed by atoms with Crippen molar-refractivity contribution in [3.8, 4) is 11.1 Å². The lowest BCUT2D eigenvalue weighted by Gasteiger charge is -2.39. The van der Waals surface area contributed by atoms with Crippen molar-refractivity contribution in [2.75, 3.05) is 7.11 Å². The van der Waals surface area contributed by atoms with Crippen LogP contribution in [0.1, 0.15) is 90.0 Å². The van der Waals surface area contributed by atoms with Gasteiger partial charge in [-0.15, -0.1) is 0 Å². The number of hydrogen-bond donors (Lipinski definition) is 0. The van der Waals surface area contributed by atoms with Crippen molar-refractivity contribution in [2.45, 2.75) is 90.1 Å². The second-order valence-corrected chi connectivity index (χ2v) is 8.45. The van der Waals surface area contributed by atoms with Crippen LogP contribution >= 0.6 is 0 Å². The molecule has 0 heterocycles. The van der Waals surface area contributed by atoms with Crippen LogP contribution in [0, 0.1) is 17.5 Å². The minimum Gasteiger partial charge on any atom is -0.378 e. The molecule has 0 aromatic heterocycles. The van der Waals surface area contributed by atoms with Gasteiger partial charge in [-0.05, 0) is 30.4 Å². The van der Waals surface area contributed by atoms with E-state index in [1.807, 2.05) is 12.1 Å². The first kappa shape index (κ1) is 25.5. The summed E-state index contributed by atoms with van der Waals surface area (Å²) in [5.41, 5.74) is 1.07. The molecule has 0 saturated carbocycles.